The zero-order valence-corrected chi connectivity index (χ0v) is 52.2. The lowest BCUT2D eigenvalue weighted by Gasteiger charge is -2.21. The van der Waals surface area contributed by atoms with Crippen molar-refractivity contribution in [2.75, 3.05) is 26.4 Å². The molecule has 0 rings (SSSR count). The molecule has 462 valence electrons. The van der Waals surface area contributed by atoms with Gasteiger partial charge in [-0.05, 0) is 77.0 Å². The number of unbranched alkanes of at least 4 members (excludes halogenated alkanes) is 30. The van der Waals surface area contributed by atoms with Crippen molar-refractivity contribution in [2.45, 2.75) is 303 Å². The van der Waals surface area contributed by atoms with Crippen molar-refractivity contribution < 1.29 is 52.2 Å². The van der Waals surface area contributed by atoms with Crippen LogP contribution >= 0.6 is 7.82 Å². The molecule has 0 aromatic rings. The monoisotopic (exact) mass is 1140 g/mol. The van der Waals surface area contributed by atoms with E-state index >= 15 is 0 Å². The fourth-order valence-corrected chi connectivity index (χ4v) is 9.72. The van der Waals surface area contributed by atoms with Gasteiger partial charge in [-0.25, -0.2) is 4.57 Å². The number of ether oxygens (including phenoxy) is 3. The normalized spacial score (nSPS) is 13.8. The molecule has 0 aliphatic carbocycles. The highest BCUT2D eigenvalue weighted by Gasteiger charge is 2.28. The van der Waals surface area contributed by atoms with Crippen LogP contribution in [0.3, 0.4) is 0 Å². The zero-order valence-electron chi connectivity index (χ0n) is 51.3. The first-order valence-corrected chi connectivity index (χ1v) is 34.0. The average molecular weight is 1140 g/mol. The maximum absolute atomic E-state index is 13.0. The predicted octanol–water partition coefficient (Wildman–Crippen LogP) is 19.8. The van der Waals surface area contributed by atoms with E-state index in [2.05, 4.69) is 81.5 Å². The Morgan fingerprint density at radius 1 is 0.375 bits per heavy atom. The fourth-order valence-electron chi connectivity index (χ4n) is 8.93. The summed E-state index contributed by atoms with van der Waals surface area (Å²) in [6, 6.07) is 0. The van der Waals surface area contributed by atoms with Crippen LogP contribution < -0.4 is 0 Å². The van der Waals surface area contributed by atoms with Crippen LogP contribution in [0.1, 0.15) is 290 Å². The van der Waals surface area contributed by atoms with Gasteiger partial charge in [-0.2, -0.15) is 0 Å². The molecule has 80 heavy (non-hydrogen) atoms. The summed E-state index contributed by atoms with van der Waals surface area (Å²) in [7, 11) is -4.78. The average Bonchev–Trinajstić information content (AvgIpc) is 3.45. The first-order chi connectivity index (χ1) is 39.2. The summed E-state index contributed by atoms with van der Waals surface area (Å²) in [6.45, 7) is 4.44. The molecule has 0 spiro atoms. The van der Waals surface area contributed by atoms with Gasteiger partial charge in [-0.1, -0.05) is 279 Å². The number of phosphoric ester groups is 1. The van der Waals surface area contributed by atoms with E-state index in [4.69, 9.17) is 23.3 Å². The minimum atomic E-state index is -4.78. The largest absolute Gasteiger partial charge is 0.472 e. The van der Waals surface area contributed by atoms with Crippen LogP contribution in [-0.2, 0) is 42.2 Å². The molecule has 11 nitrogen and oxygen atoms in total. The summed E-state index contributed by atoms with van der Waals surface area (Å²) in [6.07, 6.45) is 72.8. The lowest BCUT2D eigenvalue weighted by Crippen LogP contribution is -2.30. The number of carbonyl (C=O) groups is 3. The van der Waals surface area contributed by atoms with Gasteiger partial charge in [0.2, 0.25) is 0 Å². The molecule has 3 atom stereocenters. The van der Waals surface area contributed by atoms with Crippen molar-refractivity contribution in [3.8, 4) is 0 Å². The molecule has 0 amide bonds. The van der Waals surface area contributed by atoms with E-state index in [1.807, 2.05) is 18.2 Å². The third kappa shape index (κ3) is 59.3. The molecule has 12 heteroatoms. The lowest BCUT2D eigenvalue weighted by molar-refractivity contribution is -0.161. The number of aliphatic hydroxyl groups excluding tert-OH is 1. The number of rotatable bonds is 60. The van der Waals surface area contributed by atoms with Gasteiger partial charge in [-0.3, -0.25) is 23.4 Å². The second kappa shape index (κ2) is 61.7. The van der Waals surface area contributed by atoms with Crippen LogP contribution in [-0.4, -0.2) is 66.5 Å². The number of phosphoric acid groups is 1. The number of carbonyl (C=O) groups excluding carboxylic acids is 3. The number of esters is 3. The quantitative estimate of drug-likeness (QED) is 0.0197. The van der Waals surface area contributed by atoms with Gasteiger partial charge in [0, 0.05) is 12.8 Å². The molecule has 3 unspecified atom stereocenters. The number of allylic oxidation sites excluding steroid dienone is 13. The van der Waals surface area contributed by atoms with Gasteiger partial charge in [0.1, 0.15) is 12.7 Å². The number of hydrogen-bond acceptors (Lipinski definition) is 10. The highest BCUT2D eigenvalue weighted by molar-refractivity contribution is 7.47. The molecule has 0 aromatic heterocycles. The highest BCUT2D eigenvalue weighted by atomic mass is 31.2. The fraction of sp³-hybridized carbons (Fsp3) is 0.750. The molecular formula is C68H119O11P. The maximum Gasteiger partial charge on any atom is 0.472 e. The third-order valence-corrected chi connectivity index (χ3v) is 14.8. The van der Waals surface area contributed by atoms with Gasteiger partial charge >= 0.3 is 25.7 Å². The second-order valence-electron chi connectivity index (χ2n) is 21.6. The van der Waals surface area contributed by atoms with Crippen molar-refractivity contribution in [2.24, 2.45) is 0 Å². The Labute approximate surface area is 490 Å². The van der Waals surface area contributed by atoms with Crippen LogP contribution in [0.5, 0.6) is 0 Å². The molecule has 0 aliphatic heterocycles. The van der Waals surface area contributed by atoms with E-state index in [-0.39, 0.29) is 25.9 Å². The maximum atomic E-state index is 13.0. The molecule has 0 radical (unpaired) electrons. The number of hydrogen-bond donors (Lipinski definition) is 2. The predicted molar refractivity (Wildman–Crippen MR) is 334 cm³/mol. The Hall–Kier alpha value is -3.34. The smallest absolute Gasteiger partial charge is 0.462 e. The van der Waals surface area contributed by atoms with E-state index in [1.54, 1.807) is 6.08 Å². The molecule has 0 bridgehead atoms. The van der Waals surface area contributed by atoms with Crippen LogP contribution in [0.15, 0.2) is 85.1 Å². The molecule has 2 N–H and O–H groups in total. The lowest BCUT2D eigenvalue weighted by atomic mass is 10.0. The summed E-state index contributed by atoms with van der Waals surface area (Å²) < 4.78 is 39.6. The van der Waals surface area contributed by atoms with Crippen LogP contribution in [0, 0.1) is 0 Å². The molecule has 0 aliphatic rings. The first kappa shape index (κ1) is 76.7. The standard InChI is InChI=1S/C68H119O11P/c1-4-7-10-13-16-19-22-25-28-30-32-34-37-39-42-45-48-51-54-57-66(70)75-61-65(79-68(72)59-56-53-50-47-44-41-38-35-33-31-29-26-23-20-17-14-11-8-5-2)63-77-80(73,74)76-62-64(60-69)78-67(71)58-55-52-49-46-43-40-36-27-24-21-18-15-12-9-6-3/h9,12,16,18-19,21,25,27-28,36,43,46,52,55,64-65,69H,4-8,10-11,13-15,17,20,22-24,26,29-35,37-42,44-45,47-51,53-54,56-63H2,1-3H3,(H,73,74)/b12-9-,19-16-,21-18-,28-25-,36-27-,46-43-,55-52-. The molecule has 0 saturated carbocycles. The molecule has 0 aromatic carbocycles. The van der Waals surface area contributed by atoms with Gasteiger partial charge in [-0.15, -0.1) is 0 Å². The first-order valence-electron chi connectivity index (χ1n) is 32.5. The van der Waals surface area contributed by atoms with E-state index < -0.39 is 57.8 Å². The van der Waals surface area contributed by atoms with Crippen LogP contribution in [0.4, 0.5) is 0 Å². The number of aliphatic hydroxyl groups is 1. The molecule has 0 fully saturated rings. The minimum Gasteiger partial charge on any atom is -0.462 e. The summed E-state index contributed by atoms with van der Waals surface area (Å²) in [5, 5.41) is 9.82. The summed E-state index contributed by atoms with van der Waals surface area (Å²) in [4.78, 5) is 48.7. The molecule has 0 saturated heterocycles. The Morgan fingerprint density at radius 3 is 1.12 bits per heavy atom. The minimum absolute atomic E-state index is 0.0562. The van der Waals surface area contributed by atoms with Crippen molar-refractivity contribution in [1.29, 1.82) is 0 Å². The molecular weight excluding hydrogens is 1020 g/mol. The third-order valence-electron chi connectivity index (χ3n) is 13.8. The van der Waals surface area contributed by atoms with Gasteiger partial charge in [0.25, 0.3) is 0 Å². The zero-order chi connectivity index (χ0) is 58.3. The summed E-state index contributed by atoms with van der Waals surface area (Å²) in [5.74, 6) is -1.59. The topological polar surface area (TPSA) is 155 Å². The Bertz CT molecular complexity index is 1670. The van der Waals surface area contributed by atoms with Gasteiger partial charge in [0.15, 0.2) is 6.10 Å². The van der Waals surface area contributed by atoms with E-state index in [1.165, 1.54) is 154 Å². The van der Waals surface area contributed by atoms with E-state index in [9.17, 15) is 28.9 Å². The van der Waals surface area contributed by atoms with Crippen molar-refractivity contribution in [1.82, 2.24) is 0 Å². The van der Waals surface area contributed by atoms with Crippen LogP contribution in [0.2, 0.25) is 0 Å². The van der Waals surface area contributed by atoms with Gasteiger partial charge < -0.3 is 24.2 Å². The van der Waals surface area contributed by atoms with Crippen molar-refractivity contribution in [3.63, 3.8) is 0 Å². The highest BCUT2D eigenvalue weighted by Crippen LogP contribution is 2.43. The Balaban J connectivity index is 4.76. The van der Waals surface area contributed by atoms with E-state index in [0.29, 0.717) is 19.3 Å². The second-order valence-corrected chi connectivity index (χ2v) is 23.0. The Kier molecular flexibility index (Phi) is 59.1. The van der Waals surface area contributed by atoms with Crippen molar-refractivity contribution in [3.05, 3.63) is 85.1 Å². The summed E-state index contributed by atoms with van der Waals surface area (Å²) in [5.41, 5.74) is 0. The van der Waals surface area contributed by atoms with Crippen molar-refractivity contribution >= 4 is 25.7 Å². The Morgan fingerprint density at radius 2 is 0.700 bits per heavy atom. The van der Waals surface area contributed by atoms with Gasteiger partial charge in [0.05, 0.1) is 26.2 Å². The van der Waals surface area contributed by atoms with Crippen LogP contribution in [0.25, 0.3) is 0 Å². The summed E-state index contributed by atoms with van der Waals surface area (Å²) >= 11 is 0. The SMILES string of the molecule is CC/C=C\C/C=C\C/C=C\C/C=C\C/C=C\CC(=O)OC(CO)COP(=O)(O)OCC(COC(=O)CCCCCCCCCCC/C=C\C/C=C\CCCCC)OC(=O)CCCCCCCCCCCCCCCCCCCCC. The van der Waals surface area contributed by atoms with E-state index in [0.717, 1.165) is 77.0 Å². The molecule has 0 heterocycles.